The van der Waals surface area contributed by atoms with Crippen LogP contribution >= 0.6 is 0 Å². The Morgan fingerprint density at radius 1 is 1.29 bits per heavy atom. The first-order valence-corrected chi connectivity index (χ1v) is 6.46. The van der Waals surface area contributed by atoms with E-state index >= 15 is 0 Å². The van der Waals surface area contributed by atoms with E-state index in [4.69, 9.17) is 10.5 Å². The first kappa shape index (κ1) is 14.3. The van der Waals surface area contributed by atoms with Gasteiger partial charge in [0.1, 0.15) is 5.60 Å². The van der Waals surface area contributed by atoms with Crippen LogP contribution in [0.4, 0.5) is 4.79 Å². The van der Waals surface area contributed by atoms with Crippen molar-refractivity contribution in [3.05, 3.63) is 0 Å². The monoisotopic (exact) mass is 242 g/mol. The third-order valence-corrected chi connectivity index (χ3v) is 3.30. The molecule has 0 aromatic carbocycles. The fourth-order valence-electron chi connectivity index (χ4n) is 2.31. The molecule has 100 valence electrons. The molecule has 4 heteroatoms. The van der Waals surface area contributed by atoms with E-state index in [0.717, 1.165) is 0 Å². The highest BCUT2D eigenvalue weighted by Crippen LogP contribution is 2.32. The van der Waals surface area contributed by atoms with E-state index in [-0.39, 0.29) is 11.6 Å². The lowest BCUT2D eigenvalue weighted by Gasteiger charge is -2.32. The third-order valence-electron chi connectivity index (χ3n) is 3.30. The molecule has 0 aromatic rings. The van der Waals surface area contributed by atoms with Gasteiger partial charge in [0.25, 0.3) is 0 Å². The molecule has 0 heterocycles. The van der Waals surface area contributed by atoms with Gasteiger partial charge in [0.2, 0.25) is 0 Å². The molecule has 0 spiro atoms. The minimum atomic E-state index is -0.456. The molecular weight excluding hydrogens is 216 g/mol. The second-order valence-electron chi connectivity index (χ2n) is 6.34. The molecule has 1 aliphatic carbocycles. The van der Waals surface area contributed by atoms with Crippen LogP contribution in [0.2, 0.25) is 0 Å². The highest BCUT2D eigenvalue weighted by Gasteiger charge is 2.33. The lowest BCUT2D eigenvalue weighted by Crippen LogP contribution is -2.53. The van der Waals surface area contributed by atoms with Crippen molar-refractivity contribution in [2.75, 3.05) is 6.54 Å². The summed E-state index contributed by atoms with van der Waals surface area (Å²) in [6.45, 7) is 8.05. The number of hydrogen-bond donors (Lipinski definition) is 2. The first-order chi connectivity index (χ1) is 7.71. The molecule has 1 amide bonds. The molecule has 0 radical (unpaired) electrons. The maximum atomic E-state index is 11.5. The molecule has 17 heavy (non-hydrogen) atoms. The van der Waals surface area contributed by atoms with Crippen LogP contribution in [0, 0.1) is 5.92 Å². The number of hydrogen-bond acceptors (Lipinski definition) is 3. The quantitative estimate of drug-likeness (QED) is 0.799. The van der Waals surface area contributed by atoms with E-state index in [1.807, 2.05) is 27.7 Å². The molecule has 1 fully saturated rings. The van der Waals surface area contributed by atoms with Crippen LogP contribution in [0.25, 0.3) is 0 Å². The number of alkyl carbamates (subject to hydrolysis) is 1. The Hall–Kier alpha value is -0.770. The molecule has 1 atom stereocenters. The highest BCUT2D eigenvalue weighted by atomic mass is 16.6. The van der Waals surface area contributed by atoms with Crippen molar-refractivity contribution in [3.8, 4) is 0 Å². The van der Waals surface area contributed by atoms with Crippen molar-refractivity contribution >= 4 is 6.09 Å². The molecule has 0 saturated heterocycles. The molecule has 0 aromatic heterocycles. The van der Waals surface area contributed by atoms with Crippen LogP contribution in [0.3, 0.4) is 0 Å². The van der Waals surface area contributed by atoms with E-state index in [2.05, 4.69) is 5.32 Å². The number of nitrogens with two attached hydrogens (primary N) is 1. The summed E-state index contributed by atoms with van der Waals surface area (Å²) >= 11 is 0. The Morgan fingerprint density at radius 2 is 1.82 bits per heavy atom. The minimum Gasteiger partial charge on any atom is -0.444 e. The number of carbonyl (C=O) groups excluding carboxylic acids is 1. The second kappa shape index (κ2) is 5.25. The average molecular weight is 242 g/mol. The predicted molar refractivity (Wildman–Crippen MR) is 68.8 cm³/mol. The summed E-state index contributed by atoms with van der Waals surface area (Å²) in [7, 11) is 0. The molecule has 0 bridgehead atoms. The fourth-order valence-corrected chi connectivity index (χ4v) is 2.31. The Labute approximate surface area is 104 Å². The standard InChI is InChI=1S/C13H26N2O2/c1-12(2,3)17-11(16)15-9-13(4,14)10-7-5-6-8-10/h10H,5-9,14H2,1-4H3,(H,15,16). The van der Waals surface area contributed by atoms with E-state index < -0.39 is 5.60 Å². The summed E-state index contributed by atoms with van der Waals surface area (Å²) in [5.41, 5.74) is 5.48. The van der Waals surface area contributed by atoms with Crippen molar-refractivity contribution < 1.29 is 9.53 Å². The van der Waals surface area contributed by atoms with Gasteiger partial charge < -0.3 is 15.8 Å². The highest BCUT2D eigenvalue weighted by molar-refractivity contribution is 5.67. The number of nitrogens with one attached hydrogen (secondary N) is 1. The molecule has 4 nitrogen and oxygen atoms in total. The number of carbonyl (C=O) groups is 1. The molecule has 1 unspecified atom stereocenters. The van der Waals surface area contributed by atoms with Gasteiger partial charge in [0.05, 0.1) is 0 Å². The van der Waals surface area contributed by atoms with Gasteiger partial charge in [-0.25, -0.2) is 4.79 Å². The van der Waals surface area contributed by atoms with Gasteiger partial charge in [-0.05, 0) is 46.5 Å². The van der Waals surface area contributed by atoms with Crippen molar-refractivity contribution in [3.63, 3.8) is 0 Å². The smallest absolute Gasteiger partial charge is 0.407 e. The molecule has 3 N–H and O–H groups in total. The normalized spacial score (nSPS) is 21.0. The van der Waals surface area contributed by atoms with Gasteiger partial charge in [-0.3, -0.25) is 0 Å². The summed E-state index contributed by atoms with van der Waals surface area (Å²) < 4.78 is 5.19. The van der Waals surface area contributed by atoms with Gasteiger partial charge in [-0.2, -0.15) is 0 Å². The van der Waals surface area contributed by atoms with E-state index in [0.29, 0.717) is 12.5 Å². The molecule has 1 aliphatic rings. The maximum absolute atomic E-state index is 11.5. The van der Waals surface area contributed by atoms with Gasteiger partial charge in [-0.15, -0.1) is 0 Å². The topological polar surface area (TPSA) is 64.3 Å². The van der Waals surface area contributed by atoms with Crippen LogP contribution in [0.1, 0.15) is 53.4 Å². The van der Waals surface area contributed by atoms with Crippen molar-refractivity contribution in [1.29, 1.82) is 0 Å². The van der Waals surface area contributed by atoms with Crippen molar-refractivity contribution in [2.24, 2.45) is 11.7 Å². The van der Waals surface area contributed by atoms with Gasteiger partial charge in [-0.1, -0.05) is 12.8 Å². The summed E-state index contributed by atoms with van der Waals surface area (Å²) in [6.07, 6.45) is 4.46. The van der Waals surface area contributed by atoms with Gasteiger partial charge in [0.15, 0.2) is 0 Å². The summed E-state index contributed by atoms with van der Waals surface area (Å²) in [5, 5.41) is 2.77. The van der Waals surface area contributed by atoms with Crippen molar-refractivity contribution in [1.82, 2.24) is 5.32 Å². The first-order valence-electron chi connectivity index (χ1n) is 6.46. The van der Waals surface area contributed by atoms with Gasteiger partial charge >= 0.3 is 6.09 Å². The van der Waals surface area contributed by atoms with Gasteiger partial charge in [0, 0.05) is 12.1 Å². The zero-order valence-electron chi connectivity index (χ0n) is 11.5. The lowest BCUT2D eigenvalue weighted by molar-refractivity contribution is 0.0508. The van der Waals surface area contributed by atoms with E-state index in [9.17, 15) is 4.79 Å². The molecule has 1 saturated carbocycles. The van der Waals surface area contributed by atoms with Crippen LogP contribution in [-0.4, -0.2) is 23.8 Å². The van der Waals surface area contributed by atoms with Crippen molar-refractivity contribution in [2.45, 2.75) is 64.5 Å². The minimum absolute atomic E-state index is 0.326. The largest absolute Gasteiger partial charge is 0.444 e. The van der Waals surface area contributed by atoms with Crippen LogP contribution in [-0.2, 0) is 4.74 Å². The zero-order chi connectivity index (χ0) is 13.1. The Kier molecular flexibility index (Phi) is 4.42. The van der Waals surface area contributed by atoms with Crippen LogP contribution < -0.4 is 11.1 Å². The summed E-state index contributed by atoms with van der Waals surface area (Å²) in [5.74, 6) is 0.512. The molecule has 1 rings (SSSR count). The Balaban J connectivity index is 2.36. The predicted octanol–water partition coefficient (Wildman–Crippen LogP) is 2.42. The number of amides is 1. The average Bonchev–Trinajstić information content (AvgIpc) is 2.65. The third kappa shape index (κ3) is 4.94. The van der Waals surface area contributed by atoms with Crippen LogP contribution in [0.15, 0.2) is 0 Å². The fraction of sp³-hybridized carbons (Fsp3) is 0.923. The maximum Gasteiger partial charge on any atom is 0.407 e. The molecule has 0 aliphatic heterocycles. The Bertz CT molecular complexity index is 263. The number of ether oxygens (including phenoxy) is 1. The summed E-state index contributed by atoms with van der Waals surface area (Å²) in [6, 6.07) is 0. The van der Waals surface area contributed by atoms with Crippen LogP contribution in [0.5, 0.6) is 0 Å². The molecular formula is C13H26N2O2. The summed E-state index contributed by atoms with van der Waals surface area (Å²) in [4.78, 5) is 11.5. The van der Waals surface area contributed by atoms with E-state index in [1.54, 1.807) is 0 Å². The van der Waals surface area contributed by atoms with E-state index in [1.165, 1.54) is 25.7 Å². The zero-order valence-corrected chi connectivity index (χ0v) is 11.5. The Morgan fingerprint density at radius 3 is 2.29 bits per heavy atom. The number of rotatable bonds is 3. The second-order valence-corrected chi connectivity index (χ2v) is 6.34. The SMILES string of the molecule is CC(C)(C)OC(=O)NCC(C)(N)C1CCCC1. The lowest BCUT2D eigenvalue weighted by atomic mass is 9.85.